The van der Waals surface area contributed by atoms with Gasteiger partial charge in [-0.25, -0.2) is 9.78 Å². The summed E-state index contributed by atoms with van der Waals surface area (Å²) >= 11 is 0. The number of carbonyl (C=O) groups is 1. The first-order valence-corrected chi connectivity index (χ1v) is 5.56. The average molecular weight is 266 g/mol. The number of para-hydroxylation sites is 2. The van der Waals surface area contributed by atoms with Crippen LogP contribution in [-0.2, 0) is 9.53 Å². The highest BCUT2D eigenvalue weighted by Crippen LogP contribution is 2.26. The smallest absolute Gasteiger partial charge is 0.330 e. The Hall–Kier alpha value is -2.24. The molecule has 0 aliphatic rings. The van der Waals surface area contributed by atoms with Crippen LogP contribution in [0.1, 0.15) is 19.3 Å². The predicted octanol–water partition coefficient (Wildman–Crippen LogP) is 3.01. The molecule has 2 rings (SSSR count). The van der Waals surface area contributed by atoms with E-state index in [0.717, 1.165) is 10.6 Å². The van der Waals surface area contributed by atoms with Crippen LogP contribution in [0.2, 0.25) is 0 Å². The fourth-order valence-corrected chi connectivity index (χ4v) is 1.82. The number of allylic oxidation sites excluding steroid dienone is 1. The zero-order valence-corrected chi connectivity index (χ0v) is 10.4. The van der Waals surface area contributed by atoms with E-state index < -0.39 is 12.5 Å². The minimum atomic E-state index is -2.73. The van der Waals surface area contributed by atoms with Crippen molar-refractivity contribution < 1.29 is 18.3 Å². The lowest BCUT2D eigenvalue weighted by molar-refractivity contribution is -0.134. The van der Waals surface area contributed by atoms with Gasteiger partial charge in [-0.1, -0.05) is 12.1 Å². The molecule has 6 heteroatoms. The van der Waals surface area contributed by atoms with Crippen molar-refractivity contribution in [3.8, 4) is 0 Å². The number of nitrogens with zero attached hydrogens (tertiary/aromatic N) is 2. The lowest BCUT2D eigenvalue weighted by Crippen LogP contribution is -2.04. The number of aromatic nitrogens is 2. The molecule has 0 amide bonds. The largest absolute Gasteiger partial charge is 0.466 e. The maximum Gasteiger partial charge on any atom is 0.330 e. The second kappa shape index (κ2) is 5.17. The van der Waals surface area contributed by atoms with Gasteiger partial charge < -0.3 is 4.74 Å². The molecular formula is C13H12F2N2O2. The maximum atomic E-state index is 13.2. The molecule has 0 aliphatic heterocycles. The van der Waals surface area contributed by atoms with Crippen molar-refractivity contribution in [2.24, 2.45) is 0 Å². The van der Waals surface area contributed by atoms with E-state index in [0.29, 0.717) is 16.6 Å². The molecule has 0 radical (unpaired) electrons. The molecule has 0 unspecified atom stereocenters. The van der Waals surface area contributed by atoms with Crippen LogP contribution in [0, 0.1) is 0 Å². The number of hydrogen-bond acceptors (Lipinski definition) is 3. The van der Waals surface area contributed by atoms with E-state index in [1.165, 1.54) is 14.0 Å². The molecule has 0 fully saturated rings. The van der Waals surface area contributed by atoms with Crippen molar-refractivity contribution in [2.45, 2.75) is 13.5 Å². The Labute approximate surface area is 108 Å². The quantitative estimate of drug-likeness (QED) is 0.633. The Morgan fingerprint density at radius 3 is 2.74 bits per heavy atom. The van der Waals surface area contributed by atoms with Crippen molar-refractivity contribution in [3.63, 3.8) is 0 Å². The number of fused-ring (bicyclic) bond motifs is 1. The van der Waals surface area contributed by atoms with Gasteiger partial charge in [0.25, 0.3) is 0 Å². The number of carbonyl (C=O) groups excluding carboxylic acids is 1. The first-order valence-electron chi connectivity index (χ1n) is 5.56. The molecule has 0 spiro atoms. The number of halogens is 2. The Bertz CT molecular complexity index is 647. The zero-order chi connectivity index (χ0) is 14.0. The van der Waals surface area contributed by atoms with Crippen molar-refractivity contribution in [1.82, 2.24) is 9.55 Å². The molecule has 1 aromatic carbocycles. The van der Waals surface area contributed by atoms with Gasteiger partial charge in [0.05, 0.1) is 18.1 Å². The third-order valence-electron chi connectivity index (χ3n) is 2.68. The number of ether oxygens (including phenoxy) is 1. The third kappa shape index (κ3) is 2.47. The number of esters is 1. The van der Waals surface area contributed by atoms with Crippen LogP contribution in [0.5, 0.6) is 0 Å². The molecule has 1 heterocycles. The standard InChI is InChI=1S/C13H12F2N2O2/c1-8(7-11(18)19-2)12-16-9-5-3-4-6-10(9)17(12)13(14)15/h3-7,13H,1-2H3/b8-7-. The molecule has 0 saturated heterocycles. The van der Waals surface area contributed by atoms with E-state index in [2.05, 4.69) is 9.72 Å². The number of rotatable bonds is 3. The van der Waals surface area contributed by atoms with Crippen molar-refractivity contribution in [3.05, 3.63) is 36.2 Å². The van der Waals surface area contributed by atoms with Gasteiger partial charge in [0, 0.05) is 6.08 Å². The predicted molar refractivity (Wildman–Crippen MR) is 66.7 cm³/mol. The second-order valence-corrected chi connectivity index (χ2v) is 3.92. The van der Waals surface area contributed by atoms with Gasteiger partial charge >= 0.3 is 12.5 Å². The summed E-state index contributed by atoms with van der Waals surface area (Å²) in [4.78, 5) is 15.3. The summed E-state index contributed by atoms with van der Waals surface area (Å²) < 4.78 is 31.6. The summed E-state index contributed by atoms with van der Waals surface area (Å²) in [5.74, 6) is -0.549. The summed E-state index contributed by atoms with van der Waals surface area (Å²) in [5, 5.41) is 0. The lowest BCUT2D eigenvalue weighted by atomic mass is 10.2. The normalized spacial score (nSPS) is 12.2. The SMILES string of the molecule is COC(=O)/C=C(/C)c1nc2ccccc2n1C(F)F. The monoisotopic (exact) mass is 266 g/mol. The van der Waals surface area contributed by atoms with Crippen LogP contribution >= 0.6 is 0 Å². The Balaban J connectivity index is 2.63. The molecule has 100 valence electrons. The van der Waals surface area contributed by atoms with Crippen molar-refractivity contribution in [2.75, 3.05) is 7.11 Å². The average Bonchev–Trinajstić information content (AvgIpc) is 2.77. The molecule has 1 aromatic heterocycles. The first kappa shape index (κ1) is 13.2. The summed E-state index contributed by atoms with van der Waals surface area (Å²) in [6.07, 6.45) is 1.14. The van der Waals surface area contributed by atoms with E-state index >= 15 is 0 Å². The first-order chi connectivity index (χ1) is 9.04. The van der Waals surface area contributed by atoms with Crippen LogP contribution in [0.15, 0.2) is 30.3 Å². The summed E-state index contributed by atoms with van der Waals surface area (Å²) in [6.45, 7) is -1.19. The Morgan fingerprint density at radius 2 is 2.11 bits per heavy atom. The fourth-order valence-electron chi connectivity index (χ4n) is 1.82. The van der Waals surface area contributed by atoms with Gasteiger partial charge in [0.15, 0.2) is 0 Å². The minimum absolute atomic E-state index is 0.0570. The number of benzene rings is 1. The topological polar surface area (TPSA) is 44.1 Å². The molecule has 4 nitrogen and oxygen atoms in total. The van der Waals surface area contributed by atoms with E-state index in [9.17, 15) is 13.6 Å². The number of methoxy groups -OCH3 is 1. The molecule has 0 aliphatic carbocycles. The van der Waals surface area contributed by atoms with Crippen LogP contribution in [0.3, 0.4) is 0 Å². The molecule has 0 N–H and O–H groups in total. The van der Waals surface area contributed by atoms with Crippen LogP contribution < -0.4 is 0 Å². The van der Waals surface area contributed by atoms with Gasteiger partial charge in [-0.3, -0.25) is 4.57 Å². The highest BCUT2D eigenvalue weighted by Gasteiger charge is 2.18. The molecule has 2 aromatic rings. The molecular weight excluding hydrogens is 254 g/mol. The van der Waals surface area contributed by atoms with Gasteiger partial charge in [0.1, 0.15) is 5.82 Å². The van der Waals surface area contributed by atoms with E-state index in [1.54, 1.807) is 24.3 Å². The zero-order valence-electron chi connectivity index (χ0n) is 10.4. The van der Waals surface area contributed by atoms with E-state index in [4.69, 9.17) is 0 Å². The Morgan fingerprint density at radius 1 is 1.42 bits per heavy atom. The highest BCUT2D eigenvalue weighted by atomic mass is 19.3. The summed E-state index contributed by atoms with van der Waals surface area (Å²) in [6, 6.07) is 6.58. The molecule has 0 atom stereocenters. The number of alkyl halides is 2. The van der Waals surface area contributed by atoms with Gasteiger partial charge in [-0.15, -0.1) is 0 Å². The minimum Gasteiger partial charge on any atom is -0.466 e. The van der Waals surface area contributed by atoms with Crippen LogP contribution in [0.25, 0.3) is 16.6 Å². The summed E-state index contributed by atoms with van der Waals surface area (Å²) in [5.41, 5.74) is 1.10. The Kier molecular flexibility index (Phi) is 3.59. The highest BCUT2D eigenvalue weighted by molar-refractivity contribution is 5.91. The summed E-state index contributed by atoms with van der Waals surface area (Å²) in [7, 11) is 1.22. The van der Waals surface area contributed by atoms with E-state index in [-0.39, 0.29) is 5.82 Å². The third-order valence-corrected chi connectivity index (χ3v) is 2.68. The number of hydrogen-bond donors (Lipinski definition) is 0. The fraction of sp³-hybridized carbons (Fsp3) is 0.231. The van der Waals surface area contributed by atoms with Crippen molar-refractivity contribution >= 4 is 22.6 Å². The van der Waals surface area contributed by atoms with Crippen LogP contribution in [0.4, 0.5) is 8.78 Å². The molecule has 0 bridgehead atoms. The molecule has 19 heavy (non-hydrogen) atoms. The van der Waals surface area contributed by atoms with Gasteiger partial charge in [-0.05, 0) is 24.6 Å². The molecule has 0 saturated carbocycles. The number of imidazole rings is 1. The van der Waals surface area contributed by atoms with E-state index in [1.807, 2.05) is 0 Å². The second-order valence-electron chi connectivity index (χ2n) is 3.92. The van der Waals surface area contributed by atoms with Crippen LogP contribution in [-0.4, -0.2) is 22.6 Å². The maximum absolute atomic E-state index is 13.2. The van der Waals surface area contributed by atoms with Gasteiger partial charge in [-0.2, -0.15) is 8.78 Å². The van der Waals surface area contributed by atoms with Crippen molar-refractivity contribution in [1.29, 1.82) is 0 Å². The lowest BCUT2D eigenvalue weighted by Gasteiger charge is -2.07. The van der Waals surface area contributed by atoms with Gasteiger partial charge in [0.2, 0.25) is 0 Å².